The van der Waals surface area contributed by atoms with Crippen molar-refractivity contribution in [2.75, 3.05) is 13.2 Å². The van der Waals surface area contributed by atoms with Gasteiger partial charge < -0.3 is 14.8 Å². The van der Waals surface area contributed by atoms with Crippen LogP contribution in [-0.2, 0) is 0 Å². The highest BCUT2D eigenvalue weighted by atomic mass is 16.5. The quantitative estimate of drug-likeness (QED) is 0.731. The molecule has 0 fully saturated rings. The van der Waals surface area contributed by atoms with Crippen LogP contribution in [-0.4, -0.2) is 33.7 Å². The van der Waals surface area contributed by atoms with Gasteiger partial charge in [0.05, 0.1) is 36.2 Å². The molecule has 0 saturated carbocycles. The van der Waals surface area contributed by atoms with E-state index >= 15 is 0 Å². The van der Waals surface area contributed by atoms with Crippen molar-refractivity contribution in [1.29, 1.82) is 0 Å². The van der Waals surface area contributed by atoms with Crippen LogP contribution in [0.3, 0.4) is 0 Å². The molecule has 1 atom stereocenters. The van der Waals surface area contributed by atoms with Gasteiger partial charge >= 0.3 is 0 Å². The maximum atomic E-state index is 13.1. The SMILES string of the molecule is Cc1cc2ncc(C(=O)N[C@H](c3ccc4c(c3)OCCCO4)C(C)C)c(C)n2n1. The predicted molar refractivity (Wildman–Crippen MR) is 110 cm³/mol. The molecule has 3 heterocycles. The van der Waals surface area contributed by atoms with E-state index in [0.717, 1.165) is 40.5 Å². The van der Waals surface area contributed by atoms with Crippen LogP contribution in [0.25, 0.3) is 5.65 Å². The fraction of sp³-hybridized carbons (Fsp3) is 0.409. The first-order valence-corrected chi connectivity index (χ1v) is 9.96. The van der Waals surface area contributed by atoms with Crippen LogP contribution in [0.15, 0.2) is 30.5 Å². The molecule has 1 aliphatic rings. The summed E-state index contributed by atoms with van der Waals surface area (Å²) in [6, 6.07) is 7.60. The molecule has 3 aromatic rings. The zero-order valence-corrected chi connectivity index (χ0v) is 17.2. The Balaban J connectivity index is 1.63. The van der Waals surface area contributed by atoms with E-state index < -0.39 is 0 Å². The summed E-state index contributed by atoms with van der Waals surface area (Å²) in [7, 11) is 0. The Morgan fingerprint density at radius 1 is 1.14 bits per heavy atom. The summed E-state index contributed by atoms with van der Waals surface area (Å²) < 4.78 is 13.3. The van der Waals surface area contributed by atoms with Gasteiger partial charge in [0, 0.05) is 18.7 Å². The Morgan fingerprint density at radius 2 is 1.90 bits per heavy atom. The molecule has 1 amide bonds. The number of carbonyl (C=O) groups is 1. The summed E-state index contributed by atoms with van der Waals surface area (Å²) in [5.74, 6) is 1.49. The zero-order valence-electron chi connectivity index (χ0n) is 17.2. The van der Waals surface area contributed by atoms with Crippen LogP contribution in [0, 0.1) is 19.8 Å². The summed E-state index contributed by atoms with van der Waals surface area (Å²) in [5, 5.41) is 7.60. The van der Waals surface area contributed by atoms with Crippen LogP contribution in [0.4, 0.5) is 0 Å². The average molecular weight is 394 g/mol. The lowest BCUT2D eigenvalue weighted by atomic mass is 9.95. The van der Waals surface area contributed by atoms with Crippen molar-refractivity contribution in [2.24, 2.45) is 5.92 Å². The third-order valence-corrected chi connectivity index (χ3v) is 5.17. The minimum Gasteiger partial charge on any atom is -0.490 e. The lowest BCUT2D eigenvalue weighted by Gasteiger charge is -2.24. The normalized spacial score (nSPS) is 14.7. The molecule has 0 spiro atoms. The van der Waals surface area contributed by atoms with E-state index in [4.69, 9.17) is 9.47 Å². The van der Waals surface area contributed by atoms with Gasteiger partial charge in [-0.15, -0.1) is 0 Å². The molecule has 7 heteroatoms. The van der Waals surface area contributed by atoms with Gasteiger partial charge in [0.2, 0.25) is 0 Å². The Bertz CT molecular complexity index is 1060. The standard InChI is InChI=1S/C22H26N4O3/c1-13(2)21(16-6-7-18-19(11-16)29-9-5-8-28-18)24-22(27)17-12-23-20-10-14(3)25-26(20)15(17)4/h6-7,10-13,21H,5,8-9H2,1-4H3,(H,24,27)/t21-/m0/s1. The highest BCUT2D eigenvalue weighted by Gasteiger charge is 2.23. The van der Waals surface area contributed by atoms with Crippen LogP contribution in [0.5, 0.6) is 11.5 Å². The first-order chi connectivity index (χ1) is 13.9. The number of hydrogen-bond acceptors (Lipinski definition) is 5. The number of nitrogens with zero attached hydrogens (tertiary/aromatic N) is 3. The Labute approximate surface area is 170 Å². The van der Waals surface area contributed by atoms with Crippen LogP contribution >= 0.6 is 0 Å². The van der Waals surface area contributed by atoms with Crippen LogP contribution in [0.1, 0.15) is 53.6 Å². The maximum Gasteiger partial charge on any atom is 0.255 e. The lowest BCUT2D eigenvalue weighted by molar-refractivity contribution is 0.0923. The van der Waals surface area contributed by atoms with Crippen molar-refractivity contribution in [3.05, 3.63) is 53.0 Å². The first-order valence-electron chi connectivity index (χ1n) is 9.96. The van der Waals surface area contributed by atoms with Gasteiger partial charge in [0.15, 0.2) is 17.1 Å². The molecule has 4 rings (SSSR count). The minimum atomic E-state index is -0.172. The Hall–Kier alpha value is -3.09. The highest BCUT2D eigenvalue weighted by Crippen LogP contribution is 2.34. The molecule has 0 saturated heterocycles. The van der Waals surface area contributed by atoms with Crippen molar-refractivity contribution in [3.8, 4) is 11.5 Å². The minimum absolute atomic E-state index is 0.170. The summed E-state index contributed by atoms with van der Waals surface area (Å²) in [5.41, 5.74) is 3.87. The van der Waals surface area contributed by atoms with E-state index in [1.807, 2.05) is 38.1 Å². The van der Waals surface area contributed by atoms with Gasteiger partial charge in [-0.25, -0.2) is 9.50 Å². The molecular formula is C22H26N4O3. The van der Waals surface area contributed by atoms with Crippen LogP contribution in [0.2, 0.25) is 0 Å². The van der Waals surface area contributed by atoms with Gasteiger partial charge in [0.1, 0.15) is 0 Å². The lowest BCUT2D eigenvalue weighted by Crippen LogP contribution is -2.32. The molecule has 29 heavy (non-hydrogen) atoms. The Kier molecular flexibility index (Phi) is 5.13. The number of amides is 1. The number of aromatic nitrogens is 3. The molecule has 7 nitrogen and oxygen atoms in total. The Morgan fingerprint density at radius 3 is 2.66 bits per heavy atom. The number of benzene rings is 1. The van der Waals surface area contributed by atoms with Gasteiger partial charge in [-0.3, -0.25) is 4.79 Å². The second-order valence-electron chi connectivity index (χ2n) is 7.76. The van der Waals surface area contributed by atoms with E-state index in [1.165, 1.54) is 0 Å². The molecule has 1 N–H and O–H groups in total. The summed E-state index contributed by atoms with van der Waals surface area (Å²) in [6.07, 6.45) is 2.47. The molecule has 1 aromatic carbocycles. The molecule has 0 bridgehead atoms. The van der Waals surface area contributed by atoms with Gasteiger partial charge in [-0.2, -0.15) is 5.10 Å². The average Bonchev–Trinajstić information content (AvgIpc) is 2.92. The van der Waals surface area contributed by atoms with Gasteiger partial charge in [-0.1, -0.05) is 19.9 Å². The number of carbonyl (C=O) groups excluding carboxylic acids is 1. The number of rotatable bonds is 4. The molecule has 1 aliphatic heterocycles. The third kappa shape index (κ3) is 3.77. The second-order valence-corrected chi connectivity index (χ2v) is 7.76. The maximum absolute atomic E-state index is 13.1. The van der Waals surface area contributed by atoms with E-state index in [0.29, 0.717) is 18.8 Å². The van der Waals surface area contributed by atoms with Crippen molar-refractivity contribution < 1.29 is 14.3 Å². The monoisotopic (exact) mass is 394 g/mol. The summed E-state index contributed by atoms with van der Waals surface area (Å²) in [6.45, 7) is 9.24. The van der Waals surface area contributed by atoms with Crippen molar-refractivity contribution in [1.82, 2.24) is 19.9 Å². The molecule has 2 aromatic heterocycles. The third-order valence-electron chi connectivity index (χ3n) is 5.17. The molecule has 0 aliphatic carbocycles. The van der Waals surface area contributed by atoms with E-state index in [9.17, 15) is 4.79 Å². The zero-order chi connectivity index (χ0) is 20.5. The highest BCUT2D eigenvalue weighted by molar-refractivity contribution is 5.95. The fourth-order valence-corrected chi connectivity index (χ4v) is 3.61. The summed E-state index contributed by atoms with van der Waals surface area (Å²) >= 11 is 0. The van der Waals surface area contributed by atoms with E-state index in [2.05, 4.69) is 29.2 Å². The largest absolute Gasteiger partial charge is 0.490 e. The number of hydrogen-bond donors (Lipinski definition) is 1. The summed E-state index contributed by atoms with van der Waals surface area (Å²) in [4.78, 5) is 17.5. The van der Waals surface area contributed by atoms with Gasteiger partial charge in [-0.05, 0) is 37.5 Å². The van der Waals surface area contributed by atoms with E-state index in [1.54, 1.807) is 10.7 Å². The van der Waals surface area contributed by atoms with Crippen LogP contribution < -0.4 is 14.8 Å². The predicted octanol–water partition coefficient (Wildman–Crippen LogP) is 3.63. The number of nitrogens with one attached hydrogen (secondary N) is 1. The van der Waals surface area contributed by atoms with Crippen molar-refractivity contribution >= 4 is 11.6 Å². The van der Waals surface area contributed by atoms with Crippen molar-refractivity contribution in [2.45, 2.75) is 40.2 Å². The fourth-order valence-electron chi connectivity index (χ4n) is 3.61. The van der Waals surface area contributed by atoms with E-state index in [-0.39, 0.29) is 17.9 Å². The van der Waals surface area contributed by atoms with Gasteiger partial charge in [0.25, 0.3) is 5.91 Å². The topological polar surface area (TPSA) is 77.8 Å². The number of ether oxygens (including phenoxy) is 2. The molecular weight excluding hydrogens is 368 g/mol. The number of aryl methyl sites for hydroxylation is 2. The smallest absolute Gasteiger partial charge is 0.255 e. The molecule has 0 unspecified atom stereocenters. The molecule has 152 valence electrons. The van der Waals surface area contributed by atoms with Crippen molar-refractivity contribution in [3.63, 3.8) is 0 Å². The second kappa shape index (κ2) is 7.73. The molecule has 0 radical (unpaired) electrons. The number of fused-ring (bicyclic) bond motifs is 2. The first kappa shape index (κ1) is 19.2.